The molecule has 1 heterocycles. The van der Waals surface area contributed by atoms with E-state index in [1.165, 1.54) is 18.4 Å². The summed E-state index contributed by atoms with van der Waals surface area (Å²) < 4.78 is 2.49. The predicted molar refractivity (Wildman–Crippen MR) is 95.7 cm³/mol. The summed E-state index contributed by atoms with van der Waals surface area (Å²) in [7, 11) is 0. The van der Waals surface area contributed by atoms with Gasteiger partial charge in [0.05, 0.1) is 0 Å². The molecular formula is C20H28Te. The topological polar surface area (TPSA) is 0 Å². The average molecular weight is 396 g/mol. The fraction of sp³-hybridized carbons (Fsp3) is 0.500. The average Bonchev–Trinajstić information content (AvgIpc) is 2.45. The Morgan fingerprint density at radius 1 is 1.10 bits per heavy atom. The number of allylic oxidation sites excluding steroid dienone is 3. The van der Waals surface area contributed by atoms with Crippen LogP contribution in [0.25, 0.3) is 6.08 Å². The molecule has 1 aliphatic heterocycles. The molecule has 1 aromatic rings. The van der Waals surface area contributed by atoms with Crippen LogP contribution in [0, 0.1) is 5.41 Å². The van der Waals surface area contributed by atoms with Gasteiger partial charge in [-0.05, 0) is 0 Å². The number of fused-ring (bicyclic) bond motifs is 1. The van der Waals surface area contributed by atoms with E-state index in [0.717, 1.165) is 3.97 Å². The third-order valence-corrected chi connectivity index (χ3v) is 9.21. The number of benzene rings is 1. The first kappa shape index (κ1) is 16.9. The van der Waals surface area contributed by atoms with E-state index in [4.69, 9.17) is 0 Å². The van der Waals surface area contributed by atoms with Gasteiger partial charge in [-0.1, -0.05) is 0 Å². The normalized spacial score (nSPS) is 19.7. The second-order valence-corrected chi connectivity index (χ2v) is 10.7. The molecule has 0 saturated heterocycles. The van der Waals surface area contributed by atoms with Gasteiger partial charge in [-0.3, -0.25) is 0 Å². The Balaban J connectivity index is 2.38. The molecule has 2 rings (SSSR count). The third kappa shape index (κ3) is 4.02. The van der Waals surface area contributed by atoms with Crippen LogP contribution in [-0.2, 0) is 0 Å². The third-order valence-electron chi connectivity index (χ3n) is 4.39. The Hall–Kier alpha value is -0.510. The Morgan fingerprint density at radius 3 is 2.38 bits per heavy atom. The van der Waals surface area contributed by atoms with Gasteiger partial charge in [0.2, 0.25) is 0 Å². The van der Waals surface area contributed by atoms with Crippen molar-refractivity contribution in [3.05, 3.63) is 50.2 Å². The standard InChI is InChI=1S/C20H28Te/c1-7-14(2)15(3)12-18-17-11-9-8-10-16(17)13-19(21-18)20(4,5)6/h8-11,13,18H,7,12H2,1-6H3/b15-14+. The first-order valence-corrected chi connectivity index (χ1v) is 10.5. The molecule has 114 valence electrons. The molecule has 1 aromatic carbocycles. The van der Waals surface area contributed by atoms with Gasteiger partial charge < -0.3 is 0 Å². The zero-order valence-corrected chi connectivity index (χ0v) is 16.6. The van der Waals surface area contributed by atoms with Gasteiger partial charge in [0, 0.05) is 0 Å². The Labute approximate surface area is 140 Å². The van der Waals surface area contributed by atoms with Gasteiger partial charge >= 0.3 is 141 Å². The van der Waals surface area contributed by atoms with Crippen molar-refractivity contribution in [3.8, 4) is 0 Å². The zero-order valence-electron chi connectivity index (χ0n) is 14.3. The summed E-state index contributed by atoms with van der Waals surface area (Å²) in [4.78, 5) is 0. The summed E-state index contributed by atoms with van der Waals surface area (Å²) in [5.41, 5.74) is 6.57. The van der Waals surface area contributed by atoms with E-state index in [1.807, 2.05) is 0 Å². The zero-order chi connectivity index (χ0) is 15.6. The first-order valence-electron chi connectivity index (χ1n) is 7.96. The van der Waals surface area contributed by atoms with E-state index < -0.39 is 0 Å². The molecule has 1 aliphatic rings. The minimum absolute atomic E-state index is 0.140. The van der Waals surface area contributed by atoms with Crippen LogP contribution in [0.2, 0.25) is 0 Å². The van der Waals surface area contributed by atoms with E-state index in [9.17, 15) is 0 Å². The molecule has 1 atom stereocenters. The van der Waals surface area contributed by atoms with Crippen molar-refractivity contribution in [2.45, 2.75) is 58.3 Å². The minimum atomic E-state index is -0.140. The fourth-order valence-corrected chi connectivity index (χ4v) is 6.99. The van der Waals surface area contributed by atoms with Crippen molar-refractivity contribution in [3.63, 3.8) is 0 Å². The van der Waals surface area contributed by atoms with Gasteiger partial charge in [0.15, 0.2) is 0 Å². The van der Waals surface area contributed by atoms with Crippen molar-refractivity contribution in [2.24, 2.45) is 5.41 Å². The van der Waals surface area contributed by atoms with E-state index in [-0.39, 0.29) is 20.9 Å². The number of hydrogen-bond donors (Lipinski definition) is 0. The van der Waals surface area contributed by atoms with Crippen molar-refractivity contribution < 1.29 is 0 Å². The molecule has 0 bridgehead atoms. The van der Waals surface area contributed by atoms with Crippen molar-refractivity contribution >= 4 is 27.0 Å². The monoisotopic (exact) mass is 398 g/mol. The van der Waals surface area contributed by atoms with Crippen molar-refractivity contribution in [1.29, 1.82) is 0 Å². The van der Waals surface area contributed by atoms with E-state index in [1.54, 1.807) is 20.3 Å². The molecular weight excluding hydrogens is 368 g/mol. The van der Waals surface area contributed by atoms with Crippen LogP contribution in [-0.4, -0.2) is 20.9 Å². The summed E-state index contributed by atoms with van der Waals surface area (Å²) in [6.45, 7) is 14.0. The molecule has 0 amide bonds. The first-order chi connectivity index (χ1) is 9.82. The molecule has 0 nitrogen and oxygen atoms in total. The maximum atomic E-state index is 2.49. The second-order valence-electron chi connectivity index (χ2n) is 7.11. The summed E-state index contributed by atoms with van der Waals surface area (Å²) in [5.74, 6) is 0. The van der Waals surface area contributed by atoms with Gasteiger partial charge in [0.25, 0.3) is 0 Å². The summed E-state index contributed by atoms with van der Waals surface area (Å²) >= 11 is -0.140. The fourth-order valence-electron chi connectivity index (χ4n) is 2.63. The summed E-state index contributed by atoms with van der Waals surface area (Å²) in [6, 6.07) is 9.04. The van der Waals surface area contributed by atoms with Crippen LogP contribution in [0.3, 0.4) is 0 Å². The number of rotatable bonds is 3. The summed E-state index contributed by atoms with van der Waals surface area (Å²) in [5, 5.41) is 0. The Bertz CT molecular complexity index is 570. The molecule has 21 heavy (non-hydrogen) atoms. The Kier molecular flexibility index (Phi) is 5.39. The molecule has 0 aliphatic carbocycles. The molecule has 1 unspecified atom stereocenters. The van der Waals surface area contributed by atoms with Crippen LogP contribution < -0.4 is 0 Å². The Morgan fingerprint density at radius 2 is 1.76 bits per heavy atom. The molecule has 0 fully saturated rings. The quantitative estimate of drug-likeness (QED) is 0.437. The van der Waals surface area contributed by atoms with Crippen LogP contribution >= 0.6 is 0 Å². The molecule has 0 saturated carbocycles. The van der Waals surface area contributed by atoms with E-state index in [0.29, 0.717) is 5.41 Å². The second kappa shape index (κ2) is 6.72. The van der Waals surface area contributed by atoms with Crippen molar-refractivity contribution in [1.82, 2.24) is 0 Å². The molecule has 0 radical (unpaired) electrons. The molecule has 0 spiro atoms. The van der Waals surface area contributed by atoms with E-state index >= 15 is 0 Å². The van der Waals surface area contributed by atoms with Gasteiger partial charge in [-0.2, -0.15) is 0 Å². The SMILES string of the molecule is CC/C(C)=C(\C)CC1[Te]C(C(C)(C)C)=Cc2ccccc21. The summed E-state index contributed by atoms with van der Waals surface area (Å²) in [6.07, 6.45) is 4.93. The van der Waals surface area contributed by atoms with Crippen LogP contribution in [0.1, 0.15) is 69.5 Å². The van der Waals surface area contributed by atoms with E-state index in [2.05, 4.69) is 71.9 Å². The van der Waals surface area contributed by atoms with Crippen LogP contribution in [0.4, 0.5) is 0 Å². The van der Waals surface area contributed by atoms with Crippen LogP contribution in [0.5, 0.6) is 0 Å². The maximum absolute atomic E-state index is 2.49. The van der Waals surface area contributed by atoms with Gasteiger partial charge in [-0.25, -0.2) is 0 Å². The number of hydrogen-bond acceptors (Lipinski definition) is 0. The van der Waals surface area contributed by atoms with Gasteiger partial charge in [-0.15, -0.1) is 0 Å². The van der Waals surface area contributed by atoms with Crippen LogP contribution in [0.15, 0.2) is 39.0 Å². The van der Waals surface area contributed by atoms with Gasteiger partial charge in [0.1, 0.15) is 0 Å². The molecule has 0 aromatic heterocycles. The predicted octanol–water partition coefficient (Wildman–Crippen LogP) is 5.97. The molecule has 0 N–H and O–H groups in total. The molecule has 1 heteroatoms. The van der Waals surface area contributed by atoms with Crippen molar-refractivity contribution in [2.75, 3.05) is 0 Å².